The van der Waals surface area contributed by atoms with Crippen LogP contribution >= 0.6 is 0 Å². The van der Waals surface area contributed by atoms with Gasteiger partial charge in [-0.15, -0.1) is 0 Å². The number of amides is 2. The number of methoxy groups -OCH3 is 1. The fourth-order valence-electron chi connectivity index (χ4n) is 3.52. The molecule has 6 nitrogen and oxygen atoms in total. The zero-order valence-electron chi connectivity index (χ0n) is 14.9. The minimum Gasteiger partial charge on any atom is -0.375 e. The maximum absolute atomic E-state index is 12.5. The number of nitrogens with zero attached hydrogens (tertiary/aromatic N) is 1. The second kappa shape index (κ2) is 7.54. The van der Waals surface area contributed by atoms with E-state index in [1.807, 2.05) is 36.1 Å². The lowest BCUT2D eigenvalue weighted by Crippen LogP contribution is -2.66. The Bertz CT molecular complexity index is 630. The van der Waals surface area contributed by atoms with Crippen molar-refractivity contribution in [2.24, 2.45) is 5.92 Å². The standard InChI is InChI=1S/C19H26N2O4/c1-14-4-3-5-16(8-14)18(23)21-12-19(13-21)7-6-15(10-25-19)9-20-17(22)11-24-2/h3-5,8,15H,6-7,9-13H2,1-2H3,(H,20,22)/t15-/m1/s1. The van der Waals surface area contributed by atoms with E-state index in [9.17, 15) is 9.59 Å². The molecule has 0 aliphatic carbocycles. The summed E-state index contributed by atoms with van der Waals surface area (Å²) in [5.41, 5.74) is 1.64. The van der Waals surface area contributed by atoms with Crippen LogP contribution in [-0.4, -0.2) is 62.3 Å². The summed E-state index contributed by atoms with van der Waals surface area (Å²) >= 11 is 0. The summed E-state index contributed by atoms with van der Waals surface area (Å²) in [5, 5.41) is 2.86. The Labute approximate surface area is 148 Å². The molecule has 3 rings (SSSR count). The van der Waals surface area contributed by atoms with Crippen LogP contribution in [0.3, 0.4) is 0 Å². The first-order valence-electron chi connectivity index (χ1n) is 8.77. The van der Waals surface area contributed by atoms with Gasteiger partial charge >= 0.3 is 0 Å². The summed E-state index contributed by atoms with van der Waals surface area (Å²) in [4.78, 5) is 25.8. The number of hydrogen-bond acceptors (Lipinski definition) is 4. The van der Waals surface area contributed by atoms with Gasteiger partial charge < -0.3 is 19.7 Å². The smallest absolute Gasteiger partial charge is 0.254 e. The molecule has 2 heterocycles. The molecule has 2 aliphatic heterocycles. The van der Waals surface area contributed by atoms with Crippen molar-refractivity contribution < 1.29 is 19.1 Å². The van der Waals surface area contributed by atoms with Gasteiger partial charge in [0.2, 0.25) is 5.91 Å². The lowest BCUT2D eigenvalue weighted by atomic mass is 9.82. The van der Waals surface area contributed by atoms with Crippen molar-refractivity contribution in [3.8, 4) is 0 Å². The highest BCUT2D eigenvalue weighted by molar-refractivity contribution is 5.95. The van der Waals surface area contributed by atoms with Gasteiger partial charge in [-0.05, 0) is 37.8 Å². The molecule has 1 N–H and O–H groups in total. The molecule has 1 aromatic rings. The van der Waals surface area contributed by atoms with Crippen molar-refractivity contribution >= 4 is 11.8 Å². The molecule has 2 aliphatic rings. The third-order valence-corrected chi connectivity index (χ3v) is 5.01. The largest absolute Gasteiger partial charge is 0.375 e. The first-order chi connectivity index (χ1) is 12.0. The van der Waals surface area contributed by atoms with Gasteiger partial charge in [0.15, 0.2) is 0 Å². The van der Waals surface area contributed by atoms with E-state index in [2.05, 4.69) is 5.32 Å². The van der Waals surface area contributed by atoms with Crippen molar-refractivity contribution in [2.45, 2.75) is 25.4 Å². The molecular weight excluding hydrogens is 320 g/mol. The second-order valence-corrected chi connectivity index (χ2v) is 7.17. The first kappa shape index (κ1) is 17.9. The summed E-state index contributed by atoms with van der Waals surface area (Å²) in [5.74, 6) is 0.307. The van der Waals surface area contributed by atoms with Crippen LogP contribution in [0.5, 0.6) is 0 Å². The average Bonchev–Trinajstić information content (AvgIpc) is 2.58. The fraction of sp³-hybridized carbons (Fsp3) is 0.579. The van der Waals surface area contributed by atoms with Crippen molar-refractivity contribution in [3.05, 3.63) is 35.4 Å². The molecule has 1 aromatic carbocycles. The molecule has 2 saturated heterocycles. The highest BCUT2D eigenvalue weighted by Gasteiger charge is 2.48. The summed E-state index contributed by atoms with van der Waals surface area (Å²) in [7, 11) is 1.51. The molecule has 0 saturated carbocycles. The van der Waals surface area contributed by atoms with Crippen LogP contribution in [-0.2, 0) is 14.3 Å². The first-order valence-corrected chi connectivity index (χ1v) is 8.77. The number of benzene rings is 1. The molecule has 1 atom stereocenters. The molecule has 0 bridgehead atoms. The minimum atomic E-state index is -0.188. The van der Waals surface area contributed by atoms with Crippen LogP contribution in [0.4, 0.5) is 0 Å². The normalized spacial score (nSPS) is 21.7. The van der Waals surface area contributed by atoms with Crippen LogP contribution in [0.15, 0.2) is 24.3 Å². The zero-order valence-corrected chi connectivity index (χ0v) is 14.9. The molecule has 2 amide bonds. The third-order valence-electron chi connectivity index (χ3n) is 5.01. The second-order valence-electron chi connectivity index (χ2n) is 7.17. The highest BCUT2D eigenvalue weighted by atomic mass is 16.5. The van der Waals surface area contributed by atoms with E-state index in [0.717, 1.165) is 24.0 Å². The Morgan fingerprint density at radius 3 is 2.84 bits per heavy atom. The van der Waals surface area contributed by atoms with Gasteiger partial charge in [-0.3, -0.25) is 9.59 Å². The summed E-state index contributed by atoms with van der Waals surface area (Å²) < 4.78 is 10.9. The molecule has 0 aromatic heterocycles. The topological polar surface area (TPSA) is 67.9 Å². The highest BCUT2D eigenvalue weighted by Crippen LogP contribution is 2.36. The fourth-order valence-corrected chi connectivity index (χ4v) is 3.52. The zero-order chi connectivity index (χ0) is 17.9. The summed E-state index contributed by atoms with van der Waals surface area (Å²) in [6.07, 6.45) is 1.93. The lowest BCUT2D eigenvalue weighted by molar-refractivity contribution is -0.166. The molecule has 25 heavy (non-hydrogen) atoms. The summed E-state index contributed by atoms with van der Waals surface area (Å²) in [6.45, 7) is 4.63. The van der Waals surface area contributed by atoms with E-state index < -0.39 is 0 Å². The maximum atomic E-state index is 12.5. The van der Waals surface area contributed by atoms with Crippen LogP contribution in [0.1, 0.15) is 28.8 Å². The minimum absolute atomic E-state index is 0.0758. The Hall–Kier alpha value is -1.92. The number of hydrogen-bond donors (Lipinski definition) is 1. The Morgan fingerprint density at radius 2 is 2.20 bits per heavy atom. The van der Waals surface area contributed by atoms with E-state index in [1.54, 1.807) is 0 Å². The SMILES string of the molecule is COCC(=O)NC[C@H]1CCC2(CN(C(=O)c3cccc(C)c3)C2)OC1. The average molecular weight is 346 g/mol. The van der Waals surface area contributed by atoms with Crippen LogP contribution < -0.4 is 5.32 Å². The molecular formula is C19H26N2O4. The Kier molecular flexibility index (Phi) is 5.39. The van der Waals surface area contributed by atoms with Crippen LogP contribution in [0.2, 0.25) is 0 Å². The van der Waals surface area contributed by atoms with Gasteiger partial charge in [-0.1, -0.05) is 17.7 Å². The molecule has 136 valence electrons. The maximum Gasteiger partial charge on any atom is 0.254 e. The number of aryl methyl sites for hydroxylation is 1. The third kappa shape index (κ3) is 4.19. The van der Waals surface area contributed by atoms with Crippen molar-refractivity contribution in [1.82, 2.24) is 10.2 Å². The Balaban J connectivity index is 1.44. The van der Waals surface area contributed by atoms with Crippen molar-refractivity contribution in [1.29, 1.82) is 0 Å². The molecule has 0 radical (unpaired) electrons. The number of ether oxygens (including phenoxy) is 2. The van der Waals surface area contributed by atoms with Gasteiger partial charge in [-0.25, -0.2) is 0 Å². The van der Waals surface area contributed by atoms with E-state index in [1.165, 1.54) is 7.11 Å². The van der Waals surface area contributed by atoms with Gasteiger partial charge in [0, 0.05) is 19.2 Å². The van der Waals surface area contributed by atoms with Gasteiger partial charge in [-0.2, -0.15) is 0 Å². The van der Waals surface area contributed by atoms with Crippen LogP contribution in [0, 0.1) is 12.8 Å². The molecule has 6 heteroatoms. The van der Waals surface area contributed by atoms with Crippen molar-refractivity contribution in [2.75, 3.05) is 40.0 Å². The monoisotopic (exact) mass is 346 g/mol. The van der Waals surface area contributed by atoms with E-state index in [0.29, 0.717) is 32.2 Å². The molecule has 2 fully saturated rings. The van der Waals surface area contributed by atoms with Crippen LogP contribution in [0.25, 0.3) is 0 Å². The summed E-state index contributed by atoms with van der Waals surface area (Å²) in [6, 6.07) is 7.69. The Morgan fingerprint density at radius 1 is 1.40 bits per heavy atom. The number of rotatable bonds is 5. The predicted molar refractivity (Wildman–Crippen MR) is 93.4 cm³/mol. The molecule has 0 unspecified atom stereocenters. The van der Waals surface area contributed by atoms with Gasteiger partial charge in [0.1, 0.15) is 12.2 Å². The van der Waals surface area contributed by atoms with E-state index >= 15 is 0 Å². The molecule has 1 spiro atoms. The number of carbonyl (C=O) groups is 2. The number of likely N-dealkylation sites (tertiary alicyclic amines) is 1. The predicted octanol–water partition coefficient (Wildman–Crippen LogP) is 1.38. The van der Waals surface area contributed by atoms with Gasteiger partial charge in [0.25, 0.3) is 5.91 Å². The van der Waals surface area contributed by atoms with E-state index in [4.69, 9.17) is 9.47 Å². The van der Waals surface area contributed by atoms with E-state index in [-0.39, 0.29) is 24.0 Å². The number of carbonyl (C=O) groups excluding carboxylic acids is 2. The quantitative estimate of drug-likeness (QED) is 0.875. The number of nitrogens with one attached hydrogen (secondary N) is 1. The van der Waals surface area contributed by atoms with Gasteiger partial charge in [0.05, 0.1) is 19.7 Å². The lowest BCUT2D eigenvalue weighted by Gasteiger charge is -2.52. The van der Waals surface area contributed by atoms with Crippen molar-refractivity contribution in [3.63, 3.8) is 0 Å².